The summed E-state index contributed by atoms with van der Waals surface area (Å²) < 4.78 is 53.3. The van der Waals surface area contributed by atoms with Crippen molar-refractivity contribution in [2.45, 2.75) is 6.18 Å². The van der Waals surface area contributed by atoms with Crippen molar-refractivity contribution in [2.75, 3.05) is 26.2 Å². The van der Waals surface area contributed by atoms with Crippen molar-refractivity contribution < 1.29 is 27.2 Å². The summed E-state index contributed by atoms with van der Waals surface area (Å²) >= 11 is 5.90. The Labute approximate surface area is 163 Å². The highest BCUT2D eigenvalue weighted by Gasteiger charge is 2.36. The molecule has 1 saturated heterocycles. The van der Waals surface area contributed by atoms with E-state index in [1.807, 2.05) is 0 Å². The second kappa shape index (κ2) is 7.79. The average molecular weight is 415 g/mol. The van der Waals surface area contributed by atoms with Crippen LogP contribution in [0.2, 0.25) is 5.02 Å². The highest BCUT2D eigenvalue weighted by Crippen LogP contribution is 2.32. The van der Waals surface area contributed by atoms with E-state index in [4.69, 9.17) is 11.6 Å². The zero-order valence-electron chi connectivity index (χ0n) is 14.5. The second-order valence-electron chi connectivity index (χ2n) is 6.22. The molecule has 1 fully saturated rings. The SMILES string of the molecule is O=C(c1ccccc1C(F)(F)F)N1CCN(C(=O)c2c(F)cccc2Cl)CC1. The van der Waals surface area contributed by atoms with Gasteiger partial charge in [-0.1, -0.05) is 29.8 Å². The molecule has 4 nitrogen and oxygen atoms in total. The van der Waals surface area contributed by atoms with E-state index in [-0.39, 0.29) is 36.8 Å². The van der Waals surface area contributed by atoms with Crippen LogP contribution in [0.3, 0.4) is 0 Å². The summed E-state index contributed by atoms with van der Waals surface area (Å²) in [5, 5.41) is -0.0254. The first kappa shape index (κ1) is 20.1. The third-order valence-electron chi connectivity index (χ3n) is 4.49. The number of benzene rings is 2. The fourth-order valence-electron chi connectivity index (χ4n) is 3.06. The summed E-state index contributed by atoms with van der Waals surface area (Å²) in [5.74, 6) is -2.13. The third kappa shape index (κ3) is 3.96. The number of amides is 2. The van der Waals surface area contributed by atoms with Crippen molar-refractivity contribution in [3.8, 4) is 0 Å². The van der Waals surface area contributed by atoms with Crippen LogP contribution in [0.4, 0.5) is 17.6 Å². The molecule has 0 spiro atoms. The minimum Gasteiger partial charge on any atom is -0.335 e. The van der Waals surface area contributed by atoms with Crippen LogP contribution in [0.25, 0.3) is 0 Å². The number of halogens is 5. The highest BCUT2D eigenvalue weighted by molar-refractivity contribution is 6.33. The van der Waals surface area contributed by atoms with E-state index >= 15 is 0 Å². The van der Waals surface area contributed by atoms with Crippen molar-refractivity contribution in [3.05, 3.63) is 70.0 Å². The minimum absolute atomic E-state index is 0.0254. The summed E-state index contributed by atoms with van der Waals surface area (Å²) in [4.78, 5) is 27.7. The lowest BCUT2D eigenvalue weighted by Crippen LogP contribution is -2.51. The lowest BCUT2D eigenvalue weighted by Gasteiger charge is -2.35. The first-order valence-electron chi connectivity index (χ1n) is 8.39. The molecule has 9 heteroatoms. The van der Waals surface area contributed by atoms with E-state index in [0.717, 1.165) is 18.2 Å². The Bertz CT molecular complexity index is 889. The number of hydrogen-bond donors (Lipinski definition) is 0. The molecular weight excluding hydrogens is 400 g/mol. The van der Waals surface area contributed by atoms with Gasteiger partial charge in [0.05, 0.1) is 21.7 Å². The van der Waals surface area contributed by atoms with Crippen LogP contribution in [0.15, 0.2) is 42.5 Å². The van der Waals surface area contributed by atoms with E-state index in [9.17, 15) is 27.2 Å². The Morgan fingerprint density at radius 3 is 2.00 bits per heavy atom. The number of piperazine rings is 1. The number of carbonyl (C=O) groups excluding carboxylic acids is 2. The molecule has 0 aromatic heterocycles. The largest absolute Gasteiger partial charge is 0.417 e. The zero-order chi connectivity index (χ0) is 20.5. The van der Waals surface area contributed by atoms with Crippen LogP contribution in [0.1, 0.15) is 26.3 Å². The van der Waals surface area contributed by atoms with Crippen molar-refractivity contribution in [1.82, 2.24) is 9.80 Å². The van der Waals surface area contributed by atoms with Crippen molar-refractivity contribution in [3.63, 3.8) is 0 Å². The van der Waals surface area contributed by atoms with Crippen molar-refractivity contribution in [1.29, 1.82) is 0 Å². The summed E-state index contributed by atoms with van der Waals surface area (Å²) in [5.41, 5.74) is -1.70. The van der Waals surface area contributed by atoms with Gasteiger partial charge in [0, 0.05) is 26.2 Å². The van der Waals surface area contributed by atoms with Gasteiger partial charge in [-0.2, -0.15) is 13.2 Å². The van der Waals surface area contributed by atoms with E-state index in [2.05, 4.69) is 0 Å². The smallest absolute Gasteiger partial charge is 0.335 e. The molecule has 28 heavy (non-hydrogen) atoms. The molecule has 0 aliphatic carbocycles. The Morgan fingerprint density at radius 2 is 1.43 bits per heavy atom. The van der Waals surface area contributed by atoms with Gasteiger partial charge < -0.3 is 9.80 Å². The standard InChI is InChI=1S/C19H15ClF4N2O2/c20-14-6-3-7-15(21)16(14)18(28)26-10-8-25(9-11-26)17(27)12-4-1-2-5-13(12)19(22,23)24/h1-7H,8-11H2. The van der Waals surface area contributed by atoms with Crippen LogP contribution in [-0.2, 0) is 6.18 Å². The summed E-state index contributed by atoms with van der Waals surface area (Å²) in [6.07, 6.45) is -4.65. The summed E-state index contributed by atoms with van der Waals surface area (Å²) in [7, 11) is 0. The third-order valence-corrected chi connectivity index (χ3v) is 4.81. The Morgan fingerprint density at radius 1 is 0.857 bits per heavy atom. The number of alkyl halides is 3. The number of carbonyl (C=O) groups is 2. The molecule has 0 radical (unpaired) electrons. The van der Waals surface area contributed by atoms with E-state index in [0.29, 0.717) is 0 Å². The fourth-order valence-corrected chi connectivity index (χ4v) is 3.30. The molecule has 1 aliphatic rings. The lowest BCUT2D eigenvalue weighted by atomic mass is 10.1. The van der Waals surface area contributed by atoms with E-state index < -0.39 is 34.9 Å². The van der Waals surface area contributed by atoms with Gasteiger partial charge in [0.2, 0.25) is 0 Å². The van der Waals surface area contributed by atoms with Crippen LogP contribution in [0.5, 0.6) is 0 Å². The Hall–Kier alpha value is -2.61. The maximum Gasteiger partial charge on any atom is 0.417 e. The minimum atomic E-state index is -4.65. The van der Waals surface area contributed by atoms with Crippen LogP contribution >= 0.6 is 11.6 Å². The van der Waals surface area contributed by atoms with Crippen LogP contribution in [0, 0.1) is 5.82 Å². The maximum absolute atomic E-state index is 13.9. The normalized spacial score (nSPS) is 14.9. The van der Waals surface area contributed by atoms with Gasteiger partial charge >= 0.3 is 6.18 Å². The van der Waals surface area contributed by atoms with Gasteiger partial charge in [0.15, 0.2) is 0 Å². The Kier molecular flexibility index (Phi) is 5.60. The highest BCUT2D eigenvalue weighted by atomic mass is 35.5. The molecule has 1 heterocycles. The number of rotatable bonds is 2. The number of nitrogens with zero attached hydrogens (tertiary/aromatic N) is 2. The summed E-state index contributed by atoms with van der Waals surface area (Å²) in [6.45, 7) is 0.179. The van der Waals surface area contributed by atoms with Crippen molar-refractivity contribution >= 4 is 23.4 Å². The molecule has 3 rings (SSSR count). The Balaban J connectivity index is 1.73. The first-order valence-corrected chi connectivity index (χ1v) is 8.76. The van der Waals surface area contributed by atoms with Gasteiger partial charge in [-0.05, 0) is 24.3 Å². The van der Waals surface area contributed by atoms with Gasteiger partial charge in [-0.3, -0.25) is 9.59 Å². The van der Waals surface area contributed by atoms with Gasteiger partial charge in [0.25, 0.3) is 11.8 Å². The molecule has 0 saturated carbocycles. The van der Waals surface area contributed by atoms with Gasteiger partial charge in [-0.15, -0.1) is 0 Å². The molecule has 0 bridgehead atoms. The maximum atomic E-state index is 13.9. The second-order valence-corrected chi connectivity index (χ2v) is 6.63. The molecule has 2 aromatic carbocycles. The van der Waals surface area contributed by atoms with Crippen LogP contribution in [-0.4, -0.2) is 47.8 Å². The predicted molar refractivity (Wildman–Crippen MR) is 94.7 cm³/mol. The summed E-state index contributed by atoms with van der Waals surface area (Å²) in [6, 6.07) is 8.45. The quantitative estimate of drug-likeness (QED) is 0.694. The first-order chi connectivity index (χ1) is 13.2. The molecule has 2 amide bonds. The number of hydrogen-bond acceptors (Lipinski definition) is 2. The average Bonchev–Trinajstić information content (AvgIpc) is 2.66. The molecule has 148 valence electrons. The lowest BCUT2D eigenvalue weighted by molar-refractivity contribution is -0.138. The topological polar surface area (TPSA) is 40.6 Å². The zero-order valence-corrected chi connectivity index (χ0v) is 15.2. The van der Waals surface area contributed by atoms with E-state index in [1.54, 1.807) is 0 Å². The van der Waals surface area contributed by atoms with Crippen molar-refractivity contribution in [2.24, 2.45) is 0 Å². The molecule has 1 aliphatic heterocycles. The molecule has 0 N–H and O–H groups in total. The van der Waals surface area contributed by atoms with Gasteiger partial charge in [-0.25, -0.2) is 4.39 Å². The van der Waals surface area contributed by atoms with Crippen LogP contribution < -0.4 is 0 Å². The van der Waals surface area contributed by atoms with Gasteiger partial charge in [0.1, 0.15) is 5.82 Å². The fraction of sp³-hybridized carbons (Fsp3) is 0.263. The molecular formula is C19H15ClF4N2O2. The molecule has 0 unspecified atom stereocenters. The molecule has 0 atom stereocenters. The predicted octanol–water partition coefficient (Wildman–Crippen LogP) is 4.10. The molecule has 2 aromatic rings. The monoisotopic (exact) mass is 414 g/mol. The van der Waals surface area contributed by atoms with E-state index in [1.165, 1.54) is 34.1 Å².